The highest BCUT2D eigenvalue weighted by Crippen LogP contribution is 2.12. The van der Waals surface area contributed by atoms with Crippen LogP contribution >= 0.6 is 0 Å². The van der Waals surface area contributed by atoms with Crippen molar-refractivity contribution < 1.29 is 4.74 Å². The van der Waals surface area contributed by atoms with Crippen LogP contribution in [0.3, 0.4) is 0 Å². The van der Waals surface area contributed by atoms with Crippen molar-refractivity contribution in [1.29, 1.82) is 0 Å². The topological polar surface area (TPSA) is 24.5 Å². The van der Waals surface area contributed by atoms with E-state index in [1.165, 1.54) is 32.4 Å². The number of hydrogen-bond acceptors (Lipinski definition) is 3. The second-order valence-electron chi connectivity index (χ2n) is 4.30. The summed E-state index contributed by atoms with van der Waals surface area (Å²) < 4.78 is 5.33. The molecule has 0 radical (unpaired) electrons. The number of likely N-dealkylation sites (N-methyl/N-ethyl adjacent to an activating group) is 1. The Bertz CT molecular complexity index is 155. The molecule has 2 aliphatic rings. The number of rotatable bonds is 2. The Morgan fingerprint density at radius 2 is 1.73 bits per heavy atom. The van der Waals surface area contributed by atoms with Crippen LogP contribution in [0.15, 0.2) is 0 Å². The maximum atomic E-state index is 5.33. The summed E-state index contributed by atoms with van der Waals surface area (Å²) in [6, 6.07) is 1.44. The Kier molecular flexibility index (Phi) is 6.22. The van der Waals surface area contributed by atoms with E-state index in [-0.39, 0.29) is 0 Å². The van der Waals surface area contributed by atoms with Crippen molar-refractivity contribution in [3.8, 4) is 0 Å². The second kappa shape index (κ2) is 7.20. The number of likely N-dealkylation sites (tertiary alicyclic amines) is 1. The summed E-state index contributed by atoms with van der Waals surface area (Å²) in [7, 11) is 2.20. The summed E-state index contributed by atoms with van der Waals surface area (Å²) >= 11 is 0. The molecule has 2 saturated heterocycles. The molecule has 15 heavy (non-hydrogen) atoms. The molecule has 0 spiro atoms. The van der Waals surface area contributed by atoms with Gasteiger partial charge in [0.05, 0.1) is 0 Å². The fraction of sp³-hybridized carbons (Fsp3) is 1.00. The molecular formula is C12H26N2O. The summed E-state index contributed by atoms with van der Waals surface area (Å²) in [6.45, 7) is 8.36. The van der Waals surface area contributed by atoms with Gasteiger partial charge in [0.1, 0.15) is 0 Å². The molecule has 2 aliphatic heterocycles. The quantitative estimate of drug-likeness (QED) is 0.753. The lowest BCUT2D eigenvalue weighted by atomic mass is 10.1. The first-order valence-corrected chi connectivity index (χ1v) is 6.37. The van der Waals surface area contributed by atoms with Gasteiger partial charge in [-0.25, -0.2) is 0 Å². The van der Waals surface area contributed by atoms with E-state index in [2.05, 4.69) is 17.3 Å². The highest BCUT2D eigenvalue weighted by atomic mass is 16.5. The van der Waals surface area contributed by atoms with Crippen molar-refractivity contribution in [3.63, 3.8) is 0 Å². The van der Waals surface area contributed by atoms with Crippen LogP contribution in [0.4, 0.5) is 0 Å². The Morgan fingerprint density at radius 3 is 2.27 bits per heavy atom. The average molecular weight is 214 g/mol. The van der Waals surface area contributed by atoms with Crippen LogP contribution in [0.2, 0.25) is 0 Å². The molecule has 0 saturated carbocycles. The molecule has 0 amide bonds. The Morgan fingerprint density at radius 1 is 1.07 bits per heavy atom. The average Bonchev–Trinajstić information content (AvgIpc) is 2.68. The van der Waals surface area contributed by atoms with Gasteiger partial charge in [-0.15, -0.1) is 0 Å². The van der Waals surface area contributed by atoms with Gasteiger partial charge in [-0.2, -0.15) is 0 Å². The van der Waals surface area contributed by atoms with Gasteiger partial charge in [-0.05, 0) is 32.9 Å². The molecule has 2 heterocycles. The molecule has 1 N–H and O–H groups in total. The van der Waals surface area contributed by atoms with E-state index in [9.17, 15) is 0 Å². The monoisotopic (exact) mass is 214 g/mol. The van der Waals surface area contributed by atoms with Gasteiger partial charge in [0.2, 0.25) is 0 Å². The summed E-state index contributed by atoms with van der Waals surface area (Å²) in [5.74, 6) is 0. The zero-order valence-corrected chi connectivity index (χ0v) is 10.5. The van der Waals surface area contributed by atoms with Gasteiger partial charge in [-0.3, -0.25) is 0 Å². The lowest BCUT2D eigenvalue weighted by Crippen LogP contribution is -2.42. The van der Waals surface area contributed by atoms with Crippen molar-refractivity contribution >= 4 is 0 Å². The molecule has 0 bridgehead atoms. The van der Waals surface area contributed by atoms with Crippen LogP contribution in [0.25, 0.3) is 0 Å². The van der Waals surface area contributed by atoms with Crippen molar-refractivity contribution in [2.24, 2.45) is 0 Å². The molecule has 90 valence electrons. The lowest BCUT2D eigenvalue weighted by molar-refractivity contribution is 0.0752. The predicted molar refractivity (Wildman–Crippen MR) is 64.2 cm³/mol. The van der Waals surface area contributed by atoms with Crippen LogP contribution in [-0.2, 0) is 4.74 Å². The predicted octanol–water partition coefficient (Wildman–Crippen LogP) is 1.49. The van der Waals surface area contributed by atoms with Gasteiger partial charge in [0.15, 0.2) is 0 Å². The summed E-state index contributed by atoms with van der Waals surface area (Å²) in [4.78, 5) is 2.40. The van der Waals surface area contributed by atoms with Crippen LogP contribution in [0.5, 0.6) is 0 Å². The molecule has 2 rings (SSSR count). The third kappa shape index (κ3) is 4.49. The van der Waals surface area contributed by atoms with Crippen LogP contribution in [0.1, 0.15) is 33.1 Å². The summed E-state index contributed by atoms with van der Waals surface area (Å²) in [5, 5.41) is 3.73. The molecule has 1 unspecified atom stereocenters. The van der Waals surface area contributed by atoms with Crippen molar-refractivity contribution in [2.45, 2.75) is 45.2 Å². The Hall–Kier alpha value is -0.120. The van der Waals surface area contributed by atoms with E-state index in [1.807, 2.05) is 13.8 Å². The number of nitrogens with one attached hydrogen (secondary N) is 1. The molecular weight excluding hydrogens is 188 g/mol. The van der Waals surface area contributed by atoms with E-state index in [4.69, 9.17) is 4.74 Å². The van der Waals surface area contributed by atoms with Crippen molar-refractivity contribution in [1.82, 2.24) is 10.2 Å². The van der Waals surface area contributed by atoms with Crippen LogP contribution in [0, 0.1) is 0 Å². The first-order valence-electron chi connectivity index (χ1n) is 6.37. The minimum atomic E-state index is 0.713. The fourth-order valence-corrected chi connectivity index (χ4v) is 2.27. The first-order chi connectivity index (χ1) is 7.34. The molecule has 2 fully saturated rings. The zero-order chi connectivity index (χ0) is 11.1. The normalized spacial score (nSPS) is 28.6. The smallest absolute Gasteiger partial charge is 0.0480 e. The van der Waals surface area contributed by atoms with E-state index in [0.29, 0.717) is 6.04 Å². The molecule has 0 aromatic carbocycles. The van der Waals surface area contributed by atoms with Crippen LogP contribution < -0.4 is 5.32 Å². The molecule has 3 heteroatoms. The fourth-order valence-electron chi connectivity index (χ4n) is 2.27. The van der Waals surface area contributed by atoms with Gasteiger partial charge < -0.3 is 15.0 Å². The molecule has 3 nitrogen and oxygen atoms in total. The molecule has 0 aromatic heterocycles. The highest BCUT2D eigenvalue weighted by Gasteiger charge is 2.23. The standard InChI is InChI=1S/C10H20N2O.C2H6/c1-12-5-2-10(8-12)11-9-3-6-13-7-4-9;1-2/h9-11H,2-8H2,1H3;1-2H3. The summed E-state index contributed by atoms with van der Waals surface area (Å²) in [6.07, 6.45) is 3.70. The van der Waals surface area contributed by atoms with E-state index in [0.717, 1.165) is 19.3 Å². The van der Waals surface area contributed by atoms with Gasteiger partial charge in [-0.1, -0.05) is 13.8 Å². The first kappa shape index (κ1) is 12.9. The minimum Gasteiger partial charge on any atom is -0.381 e. The van der Waals surface area contributed by atoms with Crippen LogP contribution in [-0.4, -0.2) is 50.3 Å². The molecule has 1 atom stereocenters. The number of hydrogen-bond donors (Lipinski definition) is 1. The number of nitrogens with zero attached hydrogens (tertiary/aromatic N) is 1. The number of ether oxygens (including phenoxy) is 1. The van der Waals surface area contributed by atoms with E-state index < -0.39 is 0 Å². The largest absolute Gasteiger partial charge is 0.381 e. The van der Waals surface area contributed by atoms with E-state index in [1.54, 1.807) is 0 Å². The molecule has 0 aliphatic carbocycles. The summed E-state index contributed by atoms with van der Waals surface area (Å²) in [5.41, 5.74) is 0. The van der Waals surface area contributed by atoms with Crippen molar-refractivity contribution in [2.75, 3.05) is 33.4 Å². The van der Waals surface area contributed by atoms with Gasteiger partial charge >= 0.3 is 0 Å². The minimum absolute atomic E-state index is 0.713. The Labute approximate surface area is 94.2 Å². The zero-order valence-electron chi connectivity index (χ0n) is 10.5. The third-order valence-electron chi connectivity index (χ3n) is 3.08. The molecule has 0 aromatic rings. The second-order valence-corrected chi connectivity index (χ2v) is 4.30. The van der Waals surface area contributed by atoms with Gasteiger partial charge in [0, 0.05) is 31.8 Å². The maximum Gasteiger partial charge on any atom is 0.0480 e. The Balaban J connectivity index is 0.000000531. The van der Waals surface area contributed by atoms with Gasteiger partial charge in [0.25, 0.3) is 0 Å². The van der Waals surface area contributed by atoms with Crippen molar-refractivity contribution in [3.05, 3.63) is 0 Å². The van der Waals surface area contributed by atoms with E-state index >= 15 is 0 Å². The highest BCUT2D eigenvalue weighted by molar-refractivity contribution is 4.83. The SMILES string of the molecule is CC.CN1CCC(NC2CCOCC2)C1. The third-order valence-corrected chi connectivity index (χ3v) is 3.08. The lowest BCUT2D eigenvalue weighted by Gasteiger charge is -2.26. The maximum absolute atomic E-state index is 5.33.